The summed E-state index contributed by atoms with van der Waals surface area (Å²) in [6.07, 6.45) is 0.821. The average Bonchev–Trinajstić information content (AvgIpc) is 2.60. The van der Waals surface area contributed by atoms with Crippen molar-refractivity contribution in [3.63, 3.8) is 0 Å². The molecule has 0 aliphatic carbocycles. The second-order valence-electron chi connectivity index (χ2n) is 6.05. The molecule has 0 aliphatic rings. The van der Waals surface area contributed by atoms with E-state index >= 15 is 0 Å². The van der Waals surface area contributed by atoms with E-state index in [1.165, 1.54) is 12.1 Å². The van der Waals surface area contributed by atoms with Crippen LogP contribution in [0.5, 0.6) is 0 Å². The van der Waals surface area contributed by atoms with Crippen LogP contribution in [0, 0.1) is 0 Å². The number of carbonyl (C=O) groups excluding carboxylic acids is 1. The summed E-state index contributed by atoms with van der Waals surface area (Å²) < 4.78 is 28.4. The Morgan fingerprint density at radius 1 is 1.12 bits per heavy atom. The molecule has 0 radical (unpaired) electrons. The highest BCUT2D eigenvalue weighted by Gasteiger charge is 2.16. The van der Waals surface area contributed by atoms with Gasteiger partial charge in [0.2, 0.25) is 0 Å². The lowest BCUT2D eigenvalue weighted by atomic mass is 10.2. The predicted octanol–water partition coefficient (Wildman–Crippen LogP) is 2.93. The highest BCUT2D eigenvalue weighted by Crippen LogP contribution is 2.19. The van der Waals surface area contributed by atoms with E-state index < -0.39 is 10.0 Å². The second kappa shape index (κ2) is 9.16. The van der Waals surface area contributed by atoms with Gasteiger partial charge in [0.15, 0.2) is 0 Å². The molecule has 0 aromatic heterocycles. The first kappa shape index (κ1) is 20.4. The lowest BCUT2D eigenvalue weighted by Crippen LogP contribution is -2.27. The molecule has 2 N–H and O–H groups in total. The van der Waals surface area contributed by atoms with Gasteiger partial charge in [-0.05, 0) is 69.5 Å². The van der Waals surface area contributed by atoms with Crippen LogP contribution in [0.4, 0.5) is 5.69 Å². The zero-order chi connectivity index (χ0) is 19.2. The highest BCUT2D eigenvalue weighted by atomic mass is 79.9. The summed E-state index contributed by atoms with van der Waals surface area (Å²) in [5.41, 5.74) is 0.764. The molecule has 6 nitrogen and oxygen atoms in total. The van der Waals surface area contributed by atoms with Crippen molar-refractivity contribution in [3.8, 4) is 0 Å². The van der Waals surface area contributed by atoms with E-state index in [4.69, 9.17) is 0 Å². The Morgan fingerprint density at radius 2 is 1.81 bits per heavy atom. The van der Waals surface area contributed by atoms with Gasteiger partial charge in [0.25, 0.3) is 15.9 Å². The maximum absolute atomic E-state index is 12.5. The number of nitrogens with zero attached hydrogens (tertiary/aromatic N) is 1. The molecule has 0 bridgehead atoms. The van der Waals surface area contributed by atoms with Crippen molar-refractivity contribution in [2.45, 2.75) is 11.3 Å². The molecule has 140 valence electrons. The maximum Gasteiger partial charge on any atom is 0.261 e. The molecule has 0 unspecified atom stereocenters. The fraction of sp³-hybridized carbons (Fsp3) is 0.278. The Balaban J connectivity index is 2.07. The molecule has 2 rings (SSSR count). The number of nitrogens with one attached hydrogen (secondary N) is 2. The Labute approximate surface area is 162 Å². The van der Waals surface area contributed by atoms with Gasteiger partial charge >= 0.3 is 0 Å². The largest absolute Gasteiger partial charge is 0.352 e. The van der Waals surface area contributed by atoms with E-state index in [0.29, 0.717) is 17.8 Å². The average molecular weight is 440 g/mol. The number of carbonyl (C=O) groups is 1. The summed E-state index contributed by atoms with van der Waals surface area (Å²) in [4.78, 5) is 14.3. The smallest absolute Gasteiger partial charge is 0.261 e. The summed E-state index contributed by atoms with van der Waals surface area (Å²) in [5.74, 6) is -0.288. The standard InChI is InChI=1S/C18H22BrN3O3S/c1-22(2)12-4-11-20-18(23)14-5-3-6-17(13-14)26(24,25)21-16-9-7-15(19)8-10-16/h3,5-10,13,21H,4,11-12H2,1-2H3,(H,20,23). The summed E-state index contributed by atoms with van der Waals surface area (Å²) in [6.45, 7) is 1.40. The molecule has 2 aromatic carbocycles. The monoisotopic (exact) mass is 439 g/mol. The number of hydrogen-bond acceptors (Lipinski definition) is 4. The Bertz CT molecular complexity index is 852. The number of hydrogen-bond donors (Lipinski definition) is 2. The van der Waals surface area contributed by atoms with Crippen molar-refractivity contribution in [1.29, 1.82) is 0 Å². The number of amides is 1. The van der Waals surface area contributed by atoms with E-state index in [0.717, 1.165) is 17.4 Å². The Hall–Kier alpha value is -1.90. The quantitative estimate of drug-likeness (QED) is 0.619. The molecular formula is C18H22BrN3O3S. The van der Waals surface area contributed by atoms with Crippen LogP contribution in [0.15, 0.2) is 57.9 Å². The van der Waals surface area contributed by atoms with Gasteiger partial charge in [0.1, 0.15) is 0 Å². The zero-order valence-corrected chi connectivity index (χ0v) is 17.1. The molecule has 0 atom stereocenters. The molecule has 0 spiro atoms. The third kappa shape index (κ3) is 6.12. The van der Waals surface area contributed by atoms with Crippen LogP contribution in [0.2, 0.25) is 0 Å². The van der Waals surface area contributed by atoms with E-state index in [1.807, 2.05) is 19.0 Å². The second-order valence-corrected chi connectivity index (χ2v) is 8.65. The minimum absolute atomic E-state index is 0.0429. The van der Waals surface area contributed by atoms with Gasteiger partial charge in [-0.1, -0.05) is 22.0 Å². The Morgan fingerprint density at radius 3 is 2.46 bits per heavy atom. The maximum atomic E-state index is 12.5. The molecular weight excluding hydrogens is 418 g/mol. The molecule has 0 fully saturated rings. The van der Waals surface area contributed by atoms with Crippen molar-refractivity contribution in [2.75, 3.05) is 31.9 Å². The third-order valence-corrected chi connectivity index (χ3v) is 5.48. The highest BCUT2D eigenvalue weighted by molar-refractivity contribution is 9.10. The van der Waals surface area contributed by atoms with Crippen LogP contribution in [0.3, 0.4) is 0 Å². The lowest BCUT2D eigenvalue weighted by Gasteiger charge is -2.11. The van der Waals surface area contributed by atoms with Crippen LogP contribution in [-0.2, 0) is 10.0 Å². The summed E-state index contributed by atoms with van der Waals surface area (Å²) >= 11 is 3.30. The van der Waals surface area contributed by atoms with E-state index in [-0.39, 0.29) is 10.8 Å². The number of anilines is 1. The van der Waals surface area contributed by atoms with Crippen molar-refractivity contribution >= 4 is 37.5 Å². The van der Waals surface area contributed by atoms with Gasteiger partial charge in [-0.3, -0.25) is 9.52 Å². The van der Waals surface area contributed by atoms with Crippen LogP contribution in [0.1, 0.15) is 16.8 Å². The van der Waals surface area contributed by atoms with Crippen LogP contribution >= 0.6 is 15.9 Å². The molecule has 8 heteroatoms. The Kier molecular flexibility index (Phi) is 7.19. The van der Waals surface area contributed by atoms with Gasteiger partial charge in [0, 0.05) is 22.3 Å². The molecule has 0 saturated heterocycles. The molecule has 1 amide bonds. The van der Waals surface area contributed by atoms with Gasteiger partial charge in [0.05, 0.1) is 4.90 Å². The number of rotatable bonds is 8. The summed E-state index contributed by atoms with van der Waals surface area (Å²) in [5, 5.41) is 2.80. The third-order valence-electron chi connectivity index (χ3n) is 3.57. The van der Waals surface area contributed by atoms with Crippen molar-refractivity contribution in [1.82, 2.24) is 10.2 Å². The first-order valence-corrected chi connectivity index (χ1v) is 10.4. The predicted molar refractivity (Wildman–Crippen MR) is 107 cm³/mol. The molecule has 26 heavy (non-hydrogen) atoms. The van der Waals surface area contributed by atoms with Gasteiger partial charge in [-0.2, -0.15) is 0 Å². The fourth-order valence-corrected chi connectivity index (χ4v) is 3.60. The summed E-state index contributed by atoms with van der Waals surface area (Å²) in [6, 6.07) is 12.8. The number of halogens is 1. The SMILES string of the molecule is CN(C)CCCNC(=O)c1cccc(S(=O)(=O)Nc2ccc(Br)cc2)c1. The lowest BCUT2D eigenvalue weighted by molar-refractivity contribution is 0.0952. The first-order valence-electron chi connectivity index (χ1n) is 8.09. The molecule has 0 aliphatic heterocycles. The fourth-order valence-electron chi connectivity index (χ4n) is 2.24. The number of benzene rings is 2. The van der Waals surface area contributed by atoms with Crippen LogP contribution in [0.25, 0.3) is 0 Å². The molecule has 0 saturated carbocycles. The molecule has 0 heterocycles. The number of sulfonamides is 1. The van der Waals surface area contributed by atoms with Crippen molar-refractivity contribution in [2.24, 2.45) is 0 Å². The summed E-state index contributed by atoms with van der Waals surface area (Å²) in [7, 11) is 0.163. The van der Waals surface area contributed by atoms with Gasteiger partial charge < -0.3 is 10.2 Å². The minimum Gasteiger partial charge on any atom is -0.352 e. The van der Waals surface area contributed by atoms with Gasteiger partial charge in [-0.25, -0.2) is 8.42 Å². The van der Waals surface area contributed by atoms with Gasteiger partial charge in [-0.15, -0.1) is 0 Å². The van der Waals surface area contributed by atoms with E-state index in [9.17, 15) is 13.2 Å². The van der Waals surface area contributed by atoms with Crippen molar-refractivity contribution < 1.29 is 13.2 Å². The first-order chi connectivity index (χ1) is 12.3. The van der Waals surface area contributed by atoms with Crippen LogP contribution < -0.4 is 10.0 Å². The topological polar surface area (TPSA) is 78.5 Å². The molecule has 2 aromatic rings. The zero-order valence-electron chi connectivity index (χ0n) is 14.7. The van der Waals surface area contributed by atoms with Crippen LogP contribution in [-0.4, -0.2) is 46.4 Å². The van der Waals surface area contributed by atoms with E-state index in [1.54, 1.807) is 36.4 Å². The van der Waals surface area contributed by atoms with E-state index in [2.05, 4.69) is 26.0 Å². The normalized spacial score (nSPS) is 11.4. The minimum atomic E-state index is -3.77. The van der Waals surface area contributed by atoms with Crippen molar-refractivity contribution in [3.05, 3.63) is 58.6 Å².